The third-order valence-electron chi connectivity index (χ3n) is 5.17. The lowest BCUT2D eigenvalue weighted by atomic mass is 10.1. The standard InChI is InChI=1S/C22H23N3O7S2/c1-4-25-21(26)19(13-33(28,29)30)15(3)20(22(25)27)24-23-16-7-11-18(12-8-16)34(31,32)17-9-5-14(2)6-10-17/h5-12,27H,4,13H2,1-3H3,(H,28,29,30)/b24-23+. The molecule has 0 aliphatic carbocycles. The molecule has 2 aromatic carbocycles. The fourth-order valence-electron chi connectivity index (χ4n) is 3.28. The molecule has 1 aromatic heterocycles. The molecule has 0 saturated heterocycles. The Hall–Kier alpha value is -3.35. The Labute approximate surface area is 196 Å². The second kappa shape index (κ2) is 9.49. The van der Waals surface area contributed by atoms with Gasteiger partial charge in [0.1, 0.15) is 11.4 Å². The molecular weight excluding hydrogens is 482 g/mol. The Morgan fingerprint density at radius 3 is 1.91 bits per heavy atom. The first-order valence-electron chi connectivity index (χ1n) is 10.1. The van der Waals surface area contributed by atoms with Crippen molar-refractivity contribution in [1.29, 1.82) is 0 Å². The average Bonchev–Trinajstić information content (AvgIpc) is 2.77. The molecule has 2 N–H and O–H groups in total. The third kappa shape index (κ3) is 5.24. The molecule has 0 spiro atoms. The zero-order valence-corrected chi connectivity index (χ0v) is 20.3. The van der Waals surface area contributed by atoms with E-state index in [2.05, 4.69) is 10.2 Å². The predicted molar refractivity (Wildman–Crippen MR) is 125 cm³/mol. The summed E-state index contributed by atoms with van der Waals surface area (Å²) >= 11 is 0. The van der Waals surface area contributed by atoms with E-state index in [-0.39, 0.29) is 38.8 Å². The normalized spacial score (nSPS) is 12.4. The third-order valence-corrected chi connectivity index (χ3v) is 7.60. The van der Waals surface area contributed by atoms with Crippen LogP contribution in [-0.2, 0) is 32.3 Å². The molecule has 180 valence electrons. The summed E-state index contributed by atoms with van der Waals surface area (Å²) < 4.78 is 58.4. The van der Waals surface area contributed by atoms with Gasteiger partial charge in [-0.3, -0.25) is 13.9 Å². The molecule has 12 heteroatoms. The number of benzene rings is 2. The van der Waals surface area contributed by atoms with Gasteiger partial charge in [0.2, 0.25) is 15.7 Å². The van der Waals surface area contributed by atoms with Gasteiger partial charge in [0.15, 0.2) is 0 Å². The second-order valence-electron chi connectivity index (χ2n) is 7.56. The number of azo groups is 1. The van der Waals surface area contributed by atoms with E-state index in [4.69, 9.17) is 0 Å². The smallest absolute Gasteiger partial charge is 0.269 e. The first-order valence-corrected chi connectivity index (χ1v) is 13.2. The Morgan fingerprint density at radius 2 is 1.41 bits per heavy atom. The van der Waals surface area contributed by atoms with Crippen LogP contribution in [0.15, 0.2) is 73.3 Å². The average molecular weight is 506 g/mol. The van der Waals surface area contributed by atoms with Crippen molar-refractivity contribution in [3.8, 4) is 5.88 Å². The number of aromatic hydroxyl groups is 1. The van der Waals surface area contributed by atoms with Crippen molar-refractivity contribution >= 4 is 31.3 Å². The SMILES string of the molecule is CCn1c(O)c(/N=N/c2ccc(S(=O)(=O)c3ccc(C)cc3)cc2)c(C)c(CS(=O)(=O)O)c1=O. The Kier molecular flexibility index (Phi) is 7.05. The highest BCUT2D eigenvalue weighted by atomic mass is 32.2. The maximum Gasteiger partial charge on any atom is 0.269 e. The molecule has 10 nitrogen and oxygen atoms in total. The van der Waals surface area contributed by atoms with E-state index < -0.39 is 37.1 Å². The van der Waals surface area contributed by atoms with Crippen LogP contribution in [0.1, 0.15) is 23.6 Å². The summed E-state index contributed by atoms with van der Waals surface area (Å²) in [6.07, 6.45) is 0. The quantitative estimate of drug-likeness (QED) is 0.365. The number of pyridine rings is 1. The molecule has 34 heavy (non-hydrogen) atoms. The molecule has 0 unspecified atom stereocenters. The highest BCUT2D eigenvalue weighted by Crippen LogP contribution is 2.33. The predicted octanol–water partition coefficient (Wildman–Crippen LogP) is 3.83. The van der Waals surface area contributed by atoms with Crippen LogP contribution in [0.4, 0.5) is 11.4 Å². The van der Waals surface area contributed by atoms with Crippen LogP contribution in [0.25, 0.3) is 0 Å². The Balaban J connectivity index is 1.99. The van der Waals surface area contributed by atoms with E-state index in [9.17, 15) is 31.3 Å². The van der Waals surface area contributed by atoms with Gasteiger partial charge in [0, 0.05) is 12.1 Å². The molecule has 0 bridgehead atoms. The van der Waals surface area contributed by atoms with Gasteiger partial charge in [-0.05, 0) is 62.7 Å². The molecule has 0 radical (unpaired) electrons. The van der Waals surface area contributed by atoms with Crippen LogP contribution in [-0.4, -0.2) is 31.1 Å². The van der Waals surface area contributed by atoms with Crippen LogP contribution >= 0.6 is 0 Å². The Morgan fingerprint density at radius 1 is 0.882 bits per heavy atom. The van der Waals surface area contributed by atoms with Gasteiger partial charge in [-0.1, -0.05) is 17.7 Å². The first kappa shape index (κ1) is 25.3. The van der Waals surface area contributed by atoms with Gasteiger partial charge in [-0.25, -0.2) is 8.42 Å². The minimum Gasteiger partial charge on any atom is -0.493 e. The van der Waals surface area contributed by atoms with Gasteiger partial charge in [0.25, 0.3) is 15.7 Å². The zero-order chi connectivity index (χ0) is 25.3. The number of hydrogen-bond donors (Lipinski definition) is 2. The van der Waals surface area contributed by atoms with E-state index in [0.717, 1.165) is 10.1 Å². The van der Waals surface area contributed by atoms with Gasteiger partial charge in [0.05, 0.1) is 15.5 Å². The number of aromatic nitrogens is 1. The molecule has 3 rings (SSSR count). The summed E-state index contributed by atoms with van der Waals surface area (Å²) in [7, 11) is -8.23. The Bertz CT molecular complexity index is 1520. The monoisotopic (exact) mass is 505 g/mol. The van der Waals surface area contributed by atoms with E-state index in [1.54, 1.807) is 19.1 Å². The molecule has 0 aliphatic heterocycles. The maximum absolute atomic E-state index is 12.8. The van der Waals surface area contributed by atoms with Crippen molar-refractivity contribution in [1.82, 2.24) is 4.57 Å². The highest BCUT2D eigenvalue weighted by molar-refractivity contribution is 7.91. The number of sulfone groups is 1. The molecule has 3 aromatic rings. The first-order chi connectivity index (χ1) is 15.8. The van der Waals surface area contributed by atoms with Crippen molar-refractivity contribution in [3.05, 3.63) is 75.6 Å². The van der Waals surface area contributed by atoms with Crippen LogP contribution in [0.3, 0.4) is 0 Å². The molecular formula is C22H23N3O7S2. The molecule has 0 amide bonds. The summed E-state index contributed by atoms with van der Waals surface area (Å²) in [5.41, 5.74) is 0.0913. The van der Waals surface area contributed by atoms with Crippen LogP contribution in [0.5, 0.6) is 5.88 Å². The van der Waals surface area contributed by atoms with Crippen molar-refractivity contribution in [2.75, 3.05) is 0 Å². The van der Waals surface area contributed by atoms with E-state index >= 15 is 0 Å². The molecule has 0 aliphatic rings. The van der Waals surface area contributed by atoms with Gasteiger partial charge in [-0.15, -0.1) is 5.11 Å². The molecule has 0 saturated carbocycles. The molecule has 0 fully saturated rings. The topological polar surface area (TPSA) is 155 Å². The van der Waals surface area contributed by atoms with Crippen LogP contribution in [0, 0.1) is 13.8 Å². The minimum atomic E-state index is -4.51. The summed E-state index contributed by atoms with van der Waals surface area (Å²) in [6.45, 7) is 4.83. The fraction of sp³-hybridized carbons (Fsp3) is 0.227. The summed E-state index contributed by atoms with van der Waals surface area (Å²) in [4.78, 5) is 12.7. The van der Waals surface area contributed by atoms with Gasteiger partial charge < -0.3 is 5.11 Å². The van der Waals surface area contributed by atoms with Crippen molar-refractivity contribution in [2.24, 2.45) is 10.2 Å². The van der Waals surface area contributed by atoms with Gasteiger partial charge >= 0.3 is 0 Å². The van der Waals surface area contributed by atoms with E-state index in [1.807, 2.05) is 6.92 Å². The maximum atomic E-state index is 12.8. The number of rotatable bonds is 7. The van der Waals surface area contributed by atoms with Crippen LogP contribution < -0.4 is 5.56 Å². The lowest BCUT2D eigenvalue weighted by Gasteiger charge is -2.13. The van der Waals surface area contributed by atoms with E-state index in [0.29, 0.717) is 0 Å². The van der Waals surface area contributed by atoms with Crippen molar-refractivity contribution in [3.63, 3.8) is 0 Å². The number of nitrogens with zero attached hydrogens (tertiary/aromatic N) is 3. The highest BCUT2D eigenvalue weighted by Gasteiger charge is 2.22. The van der Waals surface area contributed by atoms with E-state index in [1.165, 1.54) is 43.3 Å². The largest absolute Gasteiger partial charge is 0.493 e. The van der Waals surface area contributed by atoms with Crippen molar-refractivity contribution < 1.29 is 26.5 Å². The number of aryl methyl sites for hydroxylation is 1. The molecule has 1 heterocycles. The number of hydrogen-bond acceptors (Lipinski definition) is 8. The summed E-state index contributed by atoms with van der Waals surface area (Å²) in [6, 6.07) is 12.0. The zero-order valence-electron chi connectivity index (χ0n) is 18.6. The lowest BCUT2D eigenvalue weighted by Crippen LogP contribution is -2.26. The lowest BCUT2D eigenvalue weighted by molar-refractivity contribution is 0.411. The fourth-order valence-corrected chi connectivity index (χ4v) is 5.24. The van der Waals surface area contributed by atoms with Gasteiger partial charge in [-0.2, -0.15) is 13.5 Å². The summed E-state index contributed by atoms with van der Waals surface area (Å²) in [5.74, 6) is -1.45. The minimum absolute atomic E-state index is 0.0253. The second-order valence-corrected chi connectivity index (χ2v) is 11.0. The summed E-state index contributed by atoms with van der Waals surface area (Å²) in [5, 5.41) is 18.4. The van der Waals surface area contributed by atoms with Crippen molar-refractivity contribution in [2.45, 2.75) is 42.9 Å². The van der Waals surface area contributed by atoms with Crippen LogP contribution in [0.2, 0.25) is 0 Å². The molecule has 0 atom stereocenters.